The van der Waals surface area contributed by atoms with Gasteiger partial charge in [-0.1, -0.05) is 12.1 Å². The van der Waals surface area contributed by atoms with Crippen molar-refractivity contribution in [3.63, 3.8) is 0 Å². The molecule has 106 valence electrons. The van der Waals surface area contributed by atoms with Crippen LogP contribution in [0.3, 0.4) is 0 Å². The first-order valence-electron chi connectivity index (χ1n) is 5.41. The van der Waals surface area contributed by atoms with Crippen molar-refractivity contribution < 1.29 is 27.5 Å². The molecule has 0 saturated heterocycles. The Morgan fingerprint density at radius 1 is 1.16 bits per heavy atom. The number of carbonyl (C=O) groups excluding carboxylic acids is 1. The Balaban J connectivity index is 3.16. The van der Waals surface area contributed by atoms with Crippen LogP contribution < -0.4 is 0 Å². The third-order valence-electron chi connectivity index (χ3n) is 2.83. The number of esters is 1. The predicted octanol–water partition coefficient (Wildman–Crippen LogP) is 3.10. The lowest BCUT2D eigenvalue weighted by Crippen LogP contribution is -2.18. The van der Waals surface area contributed by atoms with Crippen LogP contribution in [-0.4, -0.2) is 27.3 Å². The minimum Gasteiger partial charge on any atom is -0.465 e. The average Bonchev–Trinajstić information content (AvgIpc) is 2.45. The number of hydrogen-bond donors (Lipinski definition) is 0. The van der Waals surface area contributed by atoms with Crippen LogP contribution in [-0.2, 0) is 23.8 Å². The quantitative estimate of drug-likeness (QED) is 0.616. The number of methoxy groups -OCH3 is 1. The van der Waals surface area contributed by atoms with E-state index in [1.54, 1.807) is 0 Å². The fraction of sp³-hybridized carbons (Fsp3) is 0.417. The summed E-state index contributed by atoms with van der Waals surface area (Å²) in [6, 6.07) is 5.46. The lowest BCUT2D eigenvalue weighted by molar-refractivity contribution is 0.0600. The highest BCUT2D eigenvalue weighted by Crippen LogP contribution is 2.64. The summed E-state index contributed by atoms with van der Waals surface area (Å²) in [4.78, 5) is 11.3. The number of rotatable bonds is 5. The Hall–Kier alpha value is -1.23. The van der Waals surface area contributed by atoms with Crippen molar-refractivity contribution in [2.24, 2.45) is 0 Å². The molecule has 0 saturated carbocycles. The van der Waals surface area contributed by atoms with Gasteiger partial charge in [-0.25, -0.2) is 9.18 Å². The van der Waals surface area contributed by atoms with Crippen molar-refractivity contribution in [3.05, 3.63) is 35.4 Å². The molecule has 7 heteroatoms. The van der Waals surface area contributed by atoms with Crippen LogP contribution in [0.2, 0.25) is 0 Å². The van der Waals surface area contributed by atoms with E-state index in [1.807, 2.05) is 0 Å². The maximum atomic E-state index is 14.7. The van der Waals surface area contributed by atoms with Crippen LogP contribution >= 0.6 is 7.60 Å². The second-order valence-corrected chi connectivity index (χ2v) is 6.45. The number of ether oxygens (including phenoxy) is 1. The van der Waals surface area contributed by atoms with Crippen molar-refractivity contribution in [2.45, 2.75) is 12.3 Å². The van der Waals surface area contributed by atoms with E-state index in [0.29, 0.717) is 0 Å². The summed E-state index contributed by atoms with van der Waals surface area (Å²) < 4.78 is 40.7. The first-order valence-corrected chi connectivity index (χ1v) is 6.96. The molecular formula is C12H16FO5P. The van der Waals surface area contributed by atoms with Crippen LogP contribution in [0.4, 0.5) is 4.39 Å². The van der Waals surface area contributed by atoms with Crippen molar-refractivity contribution >= 4 is 13.6 Å². The van der Waals surface area contributed by atoms with Gasteiger partial charge in [-0.3, -0.25) is 4.57 Å². The Kier molecular flexibility index (Phi) is 4.85. The van der Waals surface area contributed by atoms with Gasteiger partial charge in [0, 0.05) is 19.8 Å². The SMILES string of the molecule is COC(=O)c1ccc(C(C)(F)P(=O)(OC)OC)cc1. The van der Waals surface area contributed by atoms with Gasteiger partial charge >= 0.3 is 13.6 Å². The van der Waals surface area contributed by atoms with E-state index in [1.165, 1.54) is 31.4 Å². The zero-order valence-electron chi connectivity index (χ0n) is 11.2. The van der Waals surface area contributed by atoms with Gasteiger partial charge in [0.25, 0.3) is 0 Å². The molecule has 0 N–H and O–H groups in total. The Bertz CT molecular complexity index is 489. The molecule has 1 aromatic rings. The predicted molar refractivity (Wildman–Crippen MR) is 67.9 cm³/mol. The number of carbonyl (C=O) groups is 1. The van der Waals surface area contributed by atoms with Crippen LogP contribution in [0, 0.1) is 0 Å². The highest BCUT2D eigenvalue weighted by atomic mass is 31.2. The van der Waals surface area contributed by atoms with Crippen LogP contribution in [0.15, 0.2) is 24.3 Å². The molecule has 0 spiro atoms. The second kappa shape index (κ2) is 5.82. The molecule has 0 radical (unpaired) electrons. The smallest absolute Gasteiger partial charge is 0.371 e. The highest BCUT2D eigenvalue weighted by molar-refractivity contribution is 7.54. The van der Waals surface area contributed by atoms with Gasteiger partial charge in [0.05, 0.1) is 12.7 Å². The number of hydrogen-bond acceptors (Lipinski definition) is 5. The summed E-state index contributed by atoms with van der Waals surface area (Å²) in [5.74, 6) is -0.534. The molecule has 0 heterocycles. The summed E-state index contributed by atoms with van der Waals surface area (Å²) in [7, 11) is -0.453. The maximum absolute atomic E-state index is 14.7. The minimum absolute atomic E-state index is 0.0900. The minimum atomic E-state index is -3.93. The largest absolute Gasteiger partial charge is 0.465 e. The molecule has 5 nitrogen and oxygen atoms in total. The van der Waals surface area contributed by atoms with Crippen molar-refractivity contribution in [1.29, 1.82) is 0 Å². The van der Waals surface area contributed by atoms with E-state index in [-0.39, 0.29) is 11.1 Å². The highest BCUT2D eigenvalue weighted by Gasteiger charge is 2.48. The summed E-state index contributed by atoms with van der Waals surface area (Å²) in [5.41, 5.74) is 0.360. The first kappa shape index (κ1) is 15.8. The molecule has 19 heavy (non-hydrogen) atoms. The third-order valence-corrected chi connectivity index (χ3v) is 5.08. The molecule has 1 unspecified atom stereocenters. The number of alkyl halides is 1. The maximum Gasteiger partial charge on any atom is 0.371 e. The standard InChI is InChI=1S/C12H16FO5P/c1-12(13,19(15,17-3)18-4)10-7-5-9(6-8-10)11(14)16-2/h5-8H,1-4H3. The summed E-state index contributed by atoms with van der Waals surface area (Å²) in [5, 5.41) is -2.31. The van der Waals surface area contributed by atoms with Crippen LogP contribution in [0.5, 0.6) is 0 Å². The fourth-order valence-corrected chi connectivity index (χ4v) is 2.90. The molecule has 1 rings (SSSR count). The molecule has 0 amide bonds. The number of benzene rings is 1. The zero-order valence-corrected chi connectivity index (χ0v) is 12.1. The number of halogens is 1. The van der Waals surface area contributed by atoms with Gasteiger partial charge < -0.3 is 13.8 Å². The lowest BCUT2D eigenvalue weighted by Gasteiger charge is -2.27. The van der Waals surface area contributed by atoms with E-state index in [0.717, 1.165) is 21.1 Å². The summed E-state index contributed by atoms with van der Waals surface area (Å²) in [6.07, 6.45) is 0. The molecular weight excluding hydrogens is 274 g/mol. The van der Waals surface area contributed by atoms with Gasteiger partial charge in [-0.2, -0.15) is 0 Å². The topological polar surface area (TPSA) is 61.8 Å². The van der Waals surface area contributed by atoms with Gasteiger partial charge in [0.15, 0.2) is 0 Å². The van der Waals surface area contributed by atoms with Crippen LogP contribution in [0.1, 0.15) is 22.8 Å². The monoisotopic (exact) mass is 290 g/mol. The van der Waals surface area contributed by atoms with Gasteiger partial charge in [-0.05, 0) is 19.1 Å². The van der Waals surface area contributed by atoms with E-state index < -0.39 is 19.0 Å². The molecule has 0 aliphatic rings. The summed E-state index contributed by atoms with van der Waals surface area (Å²) in [6.45, 7) is 1.11. The van der Waals surface area contributed by atoms with Crippen LogP contribution in [0.25, 0.3) is 0 Å². The molecule has 0 aliphatic heterocycles. The van der Waals surface area contributed by atoms with E-state index >= 15 is 0 Å². The Labute approximate surface area is 111 Å². The van der Waals surface area contributed by atoms with E-state index in [9.17, 15) is 13.8 Å². The van der Waals surface area contributed by atoms with E-state index in [4.69, 9.17) is 0 Å². The first-order chi connectivity index (χ1) is 8.82. The molecule has 0 aromatic heterocycles. The Morgan fingerprint density at radius 3 is 2.00 bits per heavy atom. The van der Waals surface area contributed by atoms with Crippen molar-refractivity contribution in [3.8, 4) is 0 Å². The Morgan fingerprint density at radius 2 is 1.63 bits per heavy atom. The molecule has 1 aromatic carbocycles. The summed E-state index contributed by atoms with van der Waals surface area (Å²) >= 11 is 0. The zero-order chi connectivity index (χ0) is 14.7. The van der Waals surface area contributed by atoms with Crippen molar-refractivity contribution in [2.75, 3.05) is 21.3 Å². The second-order valence-electron chi connectivity index (χ2n) is 3.88. The molecule has 0 fully saturated rings. The van der Waals surface area contributed by atoms with Gasteiger partial charge in [-0.15, -0.1) is 0 Å². The molecule has 0 aliphatic carbocycles. The molecule has 0 bridgehead atoms. The fourth-order valence-electron chi connectivity index (χ4n) is 1.60. The molecule has 1 atom stereocenters. The lowest BCUT2D eigenvalue weighted by atomic mass is 10.1. The third kappa shape index (κ3) is 2.86. The van der Waals surface area contributed by atoms with Gasteiger partial charge in [0.1, 0.15) is 0 Å². The van der Waals surface area contributed by atoms with Gasteiger partial charge in [0.2, 0.25) is 5.41 Å². The average molecular weight is 290 g/mol. The van der Waals surface area contributed by atoms with Crippen molar-refractivity contribution in [1.82, 2.24) is 0 Å². The normalized spacial score (nSPS) is 14.8. The van der Waals surface area contributed by atoms with E-state index in [2.05, 4.69) is 13.8 Å².